The van der Waals surface area contributed by atoms with E-state index in [4.69, 9.17) is 9.47 Å². The van der Waals surface area contributed by atoms with Gasteiger partial charge in [-0.2, -0.15) is 0 Å². The van der Waals surface area contributed by atoms with Crippen molar-refractivity contribution >= 4 is 17.7 Å². The van der Waals surface area contributed by atoms with Crippen LogP contribution in [0.25, 0.3) is 0 Å². The Morgan fingerprint density at radius 1 is 1.33 bits per heavy atom. The van der Waals surface area contributed by atoms with E-state index in [1.165, 1.54) is 0 Å². The van der Waals surface area contributed by atoms with Crippen molar-refractivity contribution in [1.29, 1.82) is 0 Å². The molecule has 24 heavy (non-hydrogen) atoms. The van der Waals surface area contributed by atoms with Gasteiger partial charge in [0.05, 0.1) is 14.2 Å². The van der Waals surface area contributed by atoms with Crippen LogP contribution in [0.4, 0.5) is 0 Å². The molecular formula is C19H29NO3S. The highest BCUT2D eigenvalue weighted by molar-refractivity contribution is 7.99. The number of unbranched alkanes of at least 4 members (excludes halogenated alkanes) is 1. The van der Waals surface area contributed by atoms with E-state index in [0.29, 0.717) is 5.91 Å². The molecule has 0 aliphatic carbocycles. The van der Waals surface area contributed by atoms with Crippen LogP contribution in [-0.2, 0) is 4.79 Å². The summed E-state index contributed by atoms with van der Waals surface area (Å²) < 4.78 is 10.8. The molecule has 1 heterocycles. The monoisotopic (exact) mass is 351 g/mol. The molecule has 1 saturated heterocycles. The molecule has 1 fully saturated rings. The number of amides is 1. The van der Waals surface area contributed by atoms with Crippen LogP contribution in [0.2, 0.25) is 0 Å². The van der Waals surface area contributed by atoms with E-state index in [-0.39, 0.29) is 11.3 Å². The van der Waals surface area contributed by atoms with Crippen molar-refractivity contribution in [3.05, 3.63) is 23.8 Å². The number of nitrogens with zero attached hydrogens (tertiary/aromatic N) is 1. The minimum atomic E-state index is 0.0361. The van der Waals surface area contributed by atoms with E-state index in [1.54, 1.807) is 14.2 Å². The molecule has 0 bridgehead atoms. The van der Waals surface area contributed by atoms with Crippen molar-refractivity contribution in [3.8, 4) is 11.5 Å². The van der Waals surface area contributed by atoms with Gasteiger partial charge >= 0.3 is 0 Å². The molecule has 0 aromatic heterocycles. The fourth-order valence-corrected chi connectivity index (χ4v) is 4.45. The maximum Gasteiger partial charge on any atom is 0.226 e. The number of thioether (sulfide) groups is 1. The molecule has 2 rings (SSSR count). The van der Waals surface area contributed by atoms with E-state index in [0.717, 1.165) is 55.0 Å². The Labute approximate surface area is 149 Å². The number of benzene rings is 1. The number of hydrogen-bond acceptors (Lipinski definition) is 4. The van der Waals surface area contributed by atoms with E-state index >= 15 is 0 Å². The third kappa shape index (κ3) is 4.18. The average Bonchev–Trinajstić information content (AvgIpc) is 3.10. The lowest BCUT2D eigenvalue weighted by Gasteiger charge is -2.29. The summed E-state index contributed by atoms with van der Waals surface area (Å²) in [6.07, 6.45) is 4.14. The Morgan fingerprint density at radius 3 is 2.75 bits per heavy atom. The third-order valence-electron chi connectivity index (χ3n) is 4.63. The minimum absolute atomic E-state index is 0.0361. The van der Waals surface area contributed by atoms with Crippen LogP contribution in [0.5, 0.6) is 11.5 Å². The Balaban J connectivity index is 2.22. The second kappa shape index (κ2) is 9.21. The molecule has 0 saturated carbocycles. The normalized spacial score (nSPS) is 18.5. The van der Waals surface area contributed by atoms with Crippen molar-refractivity contribution in [2.45, 2.75) is 44.9 Å². The summed E-state index contributed by atoms with van der Waals surface area (Å²) in [7, 11) is 3.31. The van der Waals surface area contributed by atoms with E-state index in [1.807, 2.05) is 34.9 Å². The molecule has 0 unspecified atom stereocenters. The van der Waals surface area contributed by atoms with Gasteiger partial charge in [-0.3, -0.25) is 4.79 Å². The summed E-state index contributed by atoms with van der Waals surface area (Å²) in [4.78, 5) is 15.1. The van der Waals surface area contributed by atoms with Gasteiger partial charge in [0.25, 0.3) is 0 Å². The van der Waals surface area contributed by atoms with Crippen molar-refractivity contribution in [1.82, 2.24) is 4.90 Å². The Morgan fingerprint density at radius 2 is 2.12 bits per heavy atom. The molecule has 1 aliphatic rings. The number of carbonyl (C=O) groups is 1. The summed E-state index contributed by atoms with van der Waals surface area (Å²) in [6.45, 7) is 5.10. The van der Waals surface area contributed by atoms with Gasteiger partial charge in [-0.05, 0) is 25.0 Å². The van der Waals surface area contributed by atoms with Crippen molar-refractivity contribution in [3.63, 3.8) is 0 Å². The van der Waals surface area contributed by atoms with Crippen molar-refractivity contribution < 1.29 is 14.3 Å². The fourth-order valence-electron chi connectivity index (χ4n) is 3.16. The first kappa shape index (κ1) is 19.0. The summed E-state index contributed by atoms with van der Waals surface area (Å²) in [5.41, 5.74) is 1.06. The van der Waals surface area contributed by atoms with Gasteiger partial charge in [0.15, 0.2) is 0 Å². The molecule has 1 aliphatic heterocycles. The minimum Gasteiger partial charge on any atom is -0.497 e. The predicted octanol–water partition coefficient (Wildman–Crippen LogP) is 4.49. The van der Waals surface area contributed by atoms with E-state index in [9.17, 15) is 4.79 Å². The third-order valence-corrected chi connectivity index (χ3v) is 5.87. The molecule has 0 radical (unpaired) electrons. The Kier molecular flexibility index (Phi) is 7.28. The zero-order valence-corrected chi connectivity index (χ0v) is 16.0. The molecule has 5 heteroatoms. The predicted molar refractivity (Wildman–Crippen MR) is 99.8 cm³/mol. The van der Waals surface area contributed by atoms with Gasteiger partial charge in [0.1, 0.15) is 16.9 Å². The van der Waals surface area contributed by atoms with Crippen LogP contribution < -0.4 is 9.47 Å². The van der Waals surface area contributed by atoms with Crippen molar-refractivity contribution in [2.24, 2.45) is 5.92 Å². The number of hydrogen-bond donors (Lipinski definition) is 0. The maximum atomic E-state index is 13.0. The molecule has 134 valence electrons. The molecule has 1 amide bonds. The van der Waals surface area contributed by atoms with Crippen LogP contribution >= 0.6 is 11.8 Å². The summed E-state index contributed by atoms with van der Waals surface area (Å²) >= 11 is 1.81. The highest BCUT2D eigenvalue weighted by atomic mass is 32.2. The average molecular weight is 352 g/mol. The second-order valence-corrected chi connectivity index (χ2v) is 7.30. The van der Waals surface area contributed by atoms with Crippen LogP contribution in [0, 0.1) is 5.92 Å². The van der Waals surface area contributed by atoms with Crippen LogP contribution in [0.15, 0.2) is 18.2 Å². The highest BCUT2D eigenvalue weighted by Crippen LogP contribution is 2.43. The lowest BCUT2D eigenvalue weighted by atomic mass is 9.97. The number of rotatable bonds is 8. The first-order chi connectivity index (χ1) is 11.7. The van der Waals surface area contributed by atoms with Crippen LogP contribution in [0.3, 0.4) is 0 Å². The lowest BCUT2D eigenvalue weighted by molar-refractivity contribution is -0.136. The van der Waals surface area contributed by atoms with Crippen molar-refractivity contribution in [2.75, 3.05) is 26.5 Å². The summed E-state index contributed by atoms with van der Waals surface area (Å²) in [6, 6.07) is 5.85. The lowest BCUT2D eigenvalue weighted by Crippen LogP contribution is -2.35. The smallest absolute Gasteiger partial charge is 0.226 e. The number of ether oxygens (including phenoxy) is 2. The topological polar surface area (TPSA) is 38.8 Å². The highest BCUT2D eigenvalue weighted by Gasteiger charge is 2.35. The van der Waals surface area contributed by atoms with Gasteiger partial charge in [-0.1, -0.05) is 26.7 Å². The Hall–Kier alpha value is -1.36. The number of methoxy groups -OCH3 is 2. The van der Waals surface area contributed by atoms with Gasteiger partial charge < -0.3 is 14.4 Å². The quantitative estimate of drug-likeness (QED) is 0.691. The standard InChI is InChI=1S/C19H29NO3S/c1-5-7-8-14(6-2)18(21)20-11-12-24-19(20)16-10-9-15(22-3)13-17(16)23-4/h9-10,13-14,19H,5-8,11-12H2,1-4H3/t14-,19-/m1/s1. The second-order valence-electron chi connectivity index (χ2n) is 6.11. The summed E-state index contributed by atoms with van der Waals surface area (Å²) in [5, 5.41) is 0.0361. The Bertz CT molecular complexity index is 549. The zero-order chi connectivity index (χ0) is 17.5. The molecule has 0 N–H and O–H groups in total. The molecule has 1 aromatic carbocycles. The maximum absolute atomic E-state index is 13.0. The molecule has 4 nitrogen and oxygen atoms in total. The molecule has 0 spiro atoms. The van der Waals surface area contributed by atoms with E-state index < -0.39 is 0 Å². The summed E-state index contributed by atoms with van der Waals surface area (Å²) in [5.74, 6) is 2.95. The van der Waals surface area contributed by atoms with E-state index in [2.05, 4.69) is 13.8 Å². The molecular weight excluding hydrogens is 322 g/mol. The molecule has 1 aromatic rings. The molecule has 2 atom stereocenters. The first-order valence-corrected chi connectivity index (χ1v) is 9.85. The fraction of sp³-hybridized carbons (Fsp3) is 0.632. The SMILES string of the molecule is CCCC[C@@H](CC)C(=O)N1CCS[C@@H]1c1ccc(OC)cc1OC. The van der Waals surface area contributed by atoms with Crippen LogP contribution in [0.1, 0.15) is 50.5 Å². The van der Waals surface area contributed by atoms with Gasteiger partial charge in [-0.15, -0.1) is 11.8 Å². The van der Waals surface area contributed by atoms with Gasteiger partial charge in [0, 0.05) is 29.8 Å². The zero-order valence-electron chi connectivity index (χ0n) is 15.2. The van der Waals surface area contributed by atoms with Gasteiger partial charge in [-0.25, -0.2) is 0 Å². The van der Waals surface area contributed by atoms with Gasteiger partial charge in [0.2, 0.25) is 5.91 Å². The van der Waals surface area contributed by atoms with Crippen LogP contribution in [-0.4, -0.2) is 37.3 Å². The number of carbonyl (C=O) groups excluding carboxylic acids is 1. The first-order valence-electron chi connectivity index (χ1n) is 8.80. The largest absolute Gasteiger partial charge is 0.497 e.